The fourth-order valence-electron chi connectivity index (χ4n) is 2.32. The van der Waals surface area contributed by atoms with E-state index in [9.17, 15) is 10.4 Å². The zero-order valence-electron chi connectivity index (χ0n) is 11.4. The molecule has 106 valence electrons. The van der Waals surface area contributed by atoms with Crippen molar-refractivity contribution in [1.82, 2.24) is 5.10 Å². The predicted molar refractivity (Wildman–Crippen MR) is 72.2 cm³/mol. The Morgan fingerprint density at radius 2 is 2.05 bits per heavy atom. The molecular weight excluding hydrogens is 260 g/mol. The number of methoxy groups -OCH3 is 1. The van der Waals surface area contributed by atoms with Crippen molar-refractivity contribution in [3.63, 3.8) is 0 Å². The summed E-state index contributed by atoms with van der Waals surface area (Å²) in [5.74, 6) is 0.617. The maximum absolute atomic E-state index is 12.3. The van der Waals surface area contributed by atoms with Gasteiger partial charge in [0.25, 0.3) is 5.52 Å². The number of anilines is 1. The number of aromatic nitrogens is 3. The van der Waals surface area contributed by atoms with Crippen LogP contribution in [0, 0.1) is 17.3 Å². The number of nitrogens with one attached hydrogen (secondary N) is 1. The van der Waals surface area contributed by atoms with Crippen LogP contribution in [0.3, 0.4) is 0 Å². The molecule has 3 rings (SSSR count). The Morgan fingerprint density at radius 1 is 1.30 bits per heavy atom. The predicted octanol–water partition coefficient (Wildman–Crippen LogP) is 0.783. The molecule has 0 saturated heterocycles. The maximum Gasteiger partial charge on any atom is 0.461 e. The second kappa shape index (κ2) is 4.66. The lowest BCUT2D eigenvalue weighted by molar-refractivity contribution is -0.672. The summed E-state index contributed by atoms with van der Waals surface area (Å²) in [4.78, 5) is 0.483. The molecule has 0 amide bonds. The molecule has 1 aliphatic carbocycles. The first-order valence-corrected chi connectivity index (χ1v) is 6.58. The summed E-state index contributed by atoms with van der Waals surface area (Å²) < 4.78 is 5.85. The molecule has 1 aromatic carbocycles. The average Bonchev–Trinajstić information content (AvgIpc) is 2.38. The SMILES string of the molecule is COc1cc2c(cc1C)[n+]([O-])nc(NC1CCC1)[n+]2[O-]. The fraction of sp³-hybridized carbons (Fsp3) is 0.462. The molecule has 7 heteroatoms. The van der Waals surface area contributed by atoms with Gasteiger partial charge >= 0.3 is 5.95 Å². The van der Waals surface area contributed by atoms with E-state index < -0.39 is 0 Å². The van der Waals surface area contributed by atoms with Gasteiger partial charge in [-0.1, -0.05) is 0 Å². The van der Waals surface area contributed by atoms with Crippen molar-refractivity contribution in [3.05, 3.63) is 28.1 Å². The van der Waals surface area contributed by atoms with Gasteiger partial charge in [0.05, 0.1) is 13.2 Å². The Balaban J connectivity index is 2.14. The van der Waals surface area contributed by atoms with Gasteiger partial charge in [0.15, 0.2) is 5.52 Å². The second-order valence-electron chi connectivity index (χ2n) is 5.07. The molecule has 1 aromatic heterocycles. The Kier molecular flexibility index (Phi) is 2.96. The smallest absolute Gasteiger partial charge is 0.461 e. The van der Waals surface area contributed by atoms with Crippen LogP contribution in [0.5, 0.6) is 5.75 Å². The third kappa shape index (κ3) is 1.95. The highest BCUT2D eigenvalue weighted by molar-refractivity contribution is 5.72. The third-order valence-electron chi connectivity index (χ3n) is 3.73. The molecular formula is C13H16N4O3. The number of nitrogens with zero attached hydrogens (tertiary/aromatic N) is 3. The monoisotopic (exact) mass is 276 g/mol. The summed E-state index contributed by atoms with van der Waals surface area (Å²) >= 11 is 0. The van der Waals surface area contributed by atoms with E-state index in [0.29, 0.717) is 15.3 Å². The lowest BCUT2D eigenvalue weighted by Crippen LogP contribution is -2.46. The molecule has 1 fully saturated rings. The van der Waals surface area contributed by atoms with Crippen molar-refractivity contribution in [1.29, 1.82) is 0 Å². The Morgan fingerprint density at radius 3 is 2.65 bits per heavy atom. The lowest BCUT2D eigenvalue weighted by atomic mass is 9.93. The number of benzene rings is 1. The summed E-state index contributed by atoms with van der Waals surface area (Å²) in [5.41, 5.74) is 1.27. The van der Waals surface area contributed by atoms with Gasteiger partial charge in [-0.05, 0) is 31.7 Å². The molecule has 0 radical (unpaired) electrons. The maximum atomic E-state index is 12.3. The highest BCUT2D eigenvalue weighted by Crippen LogP contribution is 2.23. The molecule has 20 heavy (non-hydrogen) atoms. The van der Waals surface area contributed by atoms with Gasteiger partial charge < -0.3 is 15.2 Å². The van der Waals surface area contributed by atoms with Crippen LogP contribution in [0.4, 0.5) is 5.95 Å². The van der Waals surface area contributed by atoms with E-state index >= 15 is 0 Å². The fourth-order valence-corrected chi connectivity index (χ4v) is 2.32. The van der Waals surface area contributed by atoms with E-state index in [1.807, 2.05) is 6.92 Å². The average molecular weight is 276 g/mol. The zero-order valence-corrected chi connectivity index (χ0v) is 11.4. The number of aryl methyl sites for hydroxylation is 1. The number of rotatable bonds is 3. The number of hydrogen-bond donors (Lipinski definition) is 1. The molecule has 1 N–H and O–H groups in total. The van der Waals surface area contributed by atoms with Gasteiger partial charge in [-0.3, -0.25) is 5.32 Å². The standard InChI is InChI=1S/C13H16N4O3/c1-8-6-11-10(7-12(8)20-2)16(18)13(15-17(11)19)14-9-4-3-5-9/h6-7,9H,3-5H2,1-2H3,(H,14,15). The summed E-state index contributed by atoms with van der Waals surface area (Å²) in [7, 11) is 1.53. The van der Waals surface area contributed by atoms with Gasteiger partial charge in [-0.15, -0.1) is 0 Å². The Bertz CT molecular complexity index is 670. The van der Waals surface area contributed by atoms with Crippen LogP contribution in [-0.4, -0.2) is 18.3 Å². The van der Waals surface area contributed by atoms with Crippen molar-refractivity contribution < 1.29 is 14.3 Å². The number of hydrogen-bond acceptors (Lipinski definition) is 5. The topological polar surface area (TPSA) is 88.0 Å². The lowest BCUT2D eigenvalue weighted by Gasteiger charge is -2.23. The van der Waals surface area contributed by atoms with Gasteiger partial charge in [0.1, 0.15) is 5.75 Å². The molecule has 0 bridgehead atoms. The first kappa shape index (κ1) is 12.7. The summed E-state index contributed by atoms with van der Waals surface area (Å²) in [6.45, 7) is 1.81. The van der Waals surface area contributed by atoms with Crippen molar-refractivity contribution in [3.8, 4) is 5.75 Å². The molecule has 2 aromatic rings. The van der Waals surface area contributed by atoms with Crippen LogP contribution in [0.1, 0.15) is 24.8 Å². The zero-order chi connectivity index (χ0) is 14.3. The van der Waals surface area contributed by atoms with Crippen LogP contribution in [0.15, 0.2) is 12.1 Å². The van der Waals surface area contributed by atoms with Gasteiger partial charge in [0.2, 0.25) is 5.10 Å². The molecule has 0 unspecified atom stereocenters. The third-order valence-corrected chi connectivity index (χ3v) is 3.73. The van der Waals surface area contributed by atoms with E-state index in [2.05, 4.69) is 10.4 Å². The molecule has 0 aliphatic heterocycles. The quantitative estimate of drug-likeness (QED) is 0.661. The number of ether oxygens (including phenoxy) is 1. The largest absolute Gasteiger partial charge is 0.739 e. The van der Waals surface area contributed by atoms with Gasteiger partial charge in [0, 0.05) is 17.0 Å². The summed E-state index contributed by atoms with van der Waals surface area (Å²) in [5, 5.41) is 31.1. The van der Waals surface area contributed by atoms with Crippen LogP contribution < -0.4 is 19.6 Å². The van der Waals surface area contributed by atoms with Gasteiger partial charge in [-0.2, -0.15) is 0 Å². The molecule has 0 atom stereocenters. The minimum absolute atomic E-state index is 0.0445. The van der Waals surface area contributed by atoms with Crippen molar-refractivity contribution in [2.75, 3.05) is 12.4 Å². The van der Waals surface area contributed by atoms with E-state index in [4.69, 9.17) is 4.74 Å². The highest BCUT2D eigenvalue weighted by atomic mass is 16.5. The normalized spacial score (nSPS) is 15.1. The summed E-state index contributed by atoms with van der Waals surface area (Å²) in [6.07, 6.45) is 3.13. The Hall–Kier alpha value is -2.31. The van der Waals surface area contributed by atoms with E-state index in [1.54, 1.807) is 12.1 Å². The van der Waals surface area contributed by atoms with Crippen molar-refractivity contribution in [2.24, 2.45) is 0 Å². The van der Waals surface area contributed by atoms with Crippen LogP contribution in [0.2, 0.25) is 0 Å². The highest BCUT2D eigenvalue weighted by Gasteiger charge is 2.27. The van der Waals surface area contributed by atoms with Crippen LogP contribution in [0.25, 0.3) is 11.0 Å². The first-order valence-electron chi connectivity index (χ1n) is 6.58. The van der Waals surface area contributed by atoms with E-state index in [1.165, 1.54) is 7.11 Å². The Labute approximate surface area is 116 Å². The van der Waals surface area contributed by atoms with Crippen molar-refractivity contribution in [2.45, 2.75) is 32.2 Å². The first-order chi connectivity index (χ1) is 9.60. The minimum Gasteiger partial charge on any atom is -0.739 e. The number of fused-ring (bicyclic) bond motifs is 1. The van der Waals surface area contributed by atoms with Gasteiger partial charge in [-0.25, -0.2) is 4.73 Å². The van der Waals surface area contributed by atoms with Crippen LogP contribution >= 0.6 is 0 Å². The van der Waals surface area contributed by atoms with Crippen molar-refractivity contribution >= 4 is 17.0 Å². The second-order valence-corrected chi connectivity index (χ2v) is 5.07. The molecule has 0 spiro atoms. The van der Waals surface area contributed by atoms with E-state index in [0.717, 1.165) is 24.8 Å². The minimum atomic E-state index is 0.0445. The molecule has 1 aliphatic rings. The van der Waals surface area contributed by atoms with E-state index in [-0.39, 0.29) is 23.0 Å². The molecule has 7 nitrogen and oxygen atoms in total. The molecule has 1 heterocycles. The molecule has 1 saturated carbocycles. The van der Waals surface area contributed by atoms with Crippen LogP contribution in [-0.2, 0) is 0 Å². The summed E-state index contributed by atoms with van der Waals surface area (Å²) in [6, 6.07) is 3.41.